The van der Waals surface area contributed by atoms with Gasteiger partial charge in [-0.15, -0.1) is 24.0 Å². The van der Waals surface area contributed by atoms with Crippen LogP contribution < -0.4 is 5.32 Å². The van der Waals surface area contributed by atoms with E-state index < -0.39 is 0 Å². The van der Waals surface area contributed by atoms with Crippen molar-refractivity contribution in [1.29, 1.82) is 0 Å². The maximum Gasteiger partial charge on any atom is 0.236 e. The van der Waals surface area contributed by atoms with Crippen molar-refractivity contribution in [2.24, 2.45) is 10.9 Å². The molecule has 2 fully saturated rings. The molecule has 0 aliphatic carbocycles. The molecule has 6 nitrogen and oxygen atoms in total. The van der Waals surface area contributed by atoms with Crippen LogP contribution in [0.15, 0.2) is 4.99 Å². The molecule has 1 N–H and O–H groups in total. The summed E-state index contributed by atoms with van der Waals surface area (Å²) in [6.45, 7) is 11.7. The fourth-order valence-corrected chi connectivity index (χ4v) is 3.70. The normalized spacial score (nSPS) is 19.5. The predicted molar refractivity (Wildman–Crippen MR) is 119 cm³/mol. The highest BCUT2D eigenvalue weighted by molar-refractivity contribution is 14.0. The van der Waals surface area contributed by atoms with Gasteiger partial charge in [0.15, 0.2) is 5.96 Å². The molecule has 0 radical (unpaired) electrons. The lowest BCUT2D eigenvalue weighted by Crippen LogP contribution is -2.54. The summed E-state index contributed by atoms with van der Waals surface area (Å²) in [4.78, 5) is 23.5. The van der Waals surface area contributed by atoms with Crippen molar-refractivity contribution in [3.05, 3.63) is 0 Å². The number of piperidine rings is 1. The zero-order valence-corrected chi connectivity index (χ0v) is 19.2. The van der Waals surface area contributed by atoms with Gasteiger partial charge in [0.25, 0.3) is 0 Å². The van der Waals surface area contributed by atoms with Gasteiger partial charge in [0.05, 0.1) is 6.54 Å². The molecule has 0 spiro atoms. The van der Waals surface area contributed by atoms with Gasteiger partial charge >= 0.3 is 0 Å². The van der Waals surface area contributed by atoms with E-state index in [9.17, 15) is 4.79 Å². The molecule has 2 rings (SSSR count). The number of carbonyl (C=O) groups is 1. The minimum atomic E-state index is 0. The van der Waals surface area contributed by atoms with Gasteiger partial charge in [0, 0.05) is 52.9 Å². The molecule has 7 heteroatoms. The maximum atomic E-state index is 12.4. The summed E-state index contributed by atoms with van der Waals surface area (Å²) < 4.78 is 0. The van der Waals surface area contributed by atoms with Crippen molar-refractivity contribution < 1.29 is 4.79 Å². The molecule has 0 atom stereocenters. The zero-order chi connectivity index (χ0) is 18.1. The minimum Gasteiger partial charge on any atom is -0.356 e. The average Bonchev–Trinajstić information content (AvgIpc) is 2.67. The Balaban J connectivity index is 0.00000338. The molecule has 26 heavy (non-hydrogen) atoms. The fraction of sp³-hybridized carbons (Fsp3) is 0.895. The average molecular weight is 479 g/mol. The summed E-state index contributed by atoms with van der Waals surface area (Å²) in [5.41, 5.74) is 0. The number of nitrogens with zero attached hydrogens (tertiary/aromatic N) is 4. The number of hydrogen-bond acceptors (Lipinski definition) is 3. The lowest BCUT2D eigenvalue weighted by molar-refractivity contribution is -0.133. The third kappa shape index (κ3) is 7.21. The summed E-state index contributed by atoms with van der Waals surface area (Å²) in [6, 6.07) is 0. The molecule has 0 aromatic carbocycles. The molecule has 2 saturated heterocycles. The van der Waals surface area contributed by atoms with Crippen LogP contribution in [-0.4, -0.2) is 86.0 Å². The highest BCUT2D eigenvalue weighted by atomic mass is 127. The Hall–Kier alpha value is -0.570. The van der Waals surface area contributed by atoms with Crippen molar-refractivity contribution in [2.45, 2.75) is 46.0 Å². The molecular formula is C19H38IN5O. The van der Waals surface area contributed by atoms with E-state index in [0.29, 0.717) is 18.4 Å². The van der Waals surface area contributed by atoms with Crippen LogP contribution in [0.3, 0.4) is 0 Å². The van der Waals surface area contributed by atoms with E-state index >= 15 is 0 Å². The highest BCUT2D eigenvalue weighted by Crippen LogP contribution is 2.10. The molecule has 0 unspecified atom stereocenters. The Morgan fingerprint density at radius 2 is 1.58 bits per heavy atom. The van der Waals surface area contributed by atoms with E-state index in [1.807, 2.05) is 11.9 Å². The van der Waals surface area contributed by atoms with Gasteiger partial charge in [0.2, 0.25) is 5.91 Å². The molecule has 1 amide bonds. The molecule has 0 bridgehead atoms. The van der Waals surface area contributed by atoms with Crippen LogP contribution in [0, 0.1) is 5.92 Å². The largest absolute Gasteiger partial charge is 0.356 e. The maximum absolute atomic E-state index is 12.4. The van der Waals surface area contributed by atoms with Crippen LogP contribution in [-0.2, 0) is 4.79 Å². The van der Waals surface area contributed by atoms with E-state index in [-0.39, 0.29) is 24.0 Å². The third-order valence-electron chi connectivity index (χ3n) is 5.65. The van der Waals surface area contributed by atoms with Crippen molar-refractivity contribution in [1.82, 2.24) is 20.0 Å². The molecule has 2 aliphatic rings. The van der Waals surface area contributed by atoms with Crippen molar-refractivity contribution >= 4 is 35.8 Å². The van der Waals surface area contributed by atoms with Gasteiger partial charge in [-0.3, -0.25) is 14.7 Å². The minimum absolute atomic E-state index is 0. The first-order valence-electron chi connectivity index (χ1n) is 10.1. The van der Waals surface area contributed by atoms with Gasteiger partial charge in [-0.2, -0.15) is 0 Å². The van der Waals surface area contributed by atoms with Crippen molar-refractivity contribution in [3.8, 4) is 0 Å². The Morgan fingerprint density at radius 3 is 2.12 bits per heavy atom. The molecule has 2 heterocycles. The SMILES string of the molecule is CCC(CC)CNC(=NC)N1CCN(CC(=O)N2CCCCC2)CC1.I. The molecule has 152 valence electrons. The number of guanidine groups is 1. The lowest BCUT2D eigenvalue weighted by Gasteiger charge is -2.37. The molecule has 0 aromatic heterocycles. The van der Waals surface area contributed by atoms with Gasteiger partial charge in [-0.1, -0.05) is 26.7 Å². The van der Waals surface area contributed by atoms with Gasteiger partial charge in [-0.25, -0.2) is 0 Å². The predicted octanol–water partition coefficient (Wildman–Crippen LogP) is 2.25. The van der Waals surface area contributed by atoms with E-state index in [1.165, 1.54) is 19.3 Å². The molecule has 0 saturated carbocycles. The Labute approximate surface area is 176 Å². The van der Waals surface area contributed by atoms with Crippen LogP contribution in [0.25, 0.3) is 0 Å². The van der Waals surface area contributed by atoms with Crippen molar-refractivity contribution in [2.75, 3.05) is 59.4 Å². The van der Waals surface area contributed by atoms with E-state index in [1.54, 1.807) is 0 Å². The number of amides is 1. The van der Waals surface area contributed by atoms with Gasteiger partial charge in [-0.05, 0) is 25.2 Å². The standard InChI is InChI=1S/C19H37N5O.HI/c1-4-17(5-2)15-21-19(20-3)24-13-11-22(12-14-24)16-18(25)23-9-7-6-8-10-23;/h17H,4-16H2,1-3H3,(H,20,21);1H. The highest BCUT2D eigenvalue weighted by Gasteiger charge is 2.24. The quantitative estimate of drug-likeness (QED) is 0.361. The van der Waals surface area contributed by atoms with E-state index in [2.05, 4.69) is 34.0 Å². The van der Waals surface area contributed by atoms with E-state index in [0.717, 1.165) is 64.6 Å². The molecule has 0 aromatic rings. The Morgan fingerprint density at radius 1 is 0.962 bits per heavy atom. The lowest BCUT2D eigenvalue weighted by atomic mass is 10.0. The number of nitrogens with one attached hydrogen (secondary N) is 1. The van der Waals surface area contributed by atoms with Crippen LogP contribution in [0.4, 0.5) is 0 Å². The van der Waals surface area contributed by atoms with Crippen LogP contribution >= 0.6 is 24.0 Å². The Kier molecular flexibility index (Phi) is 11.5. The number of likely N-dealkylation sites (tertiary alicyclic amines) is 1. The summed E-state index contributed by atoms with van der Waals surface area (Å²) >= 11 is 0. The first-order valence-corrected chi connectivity index (χ1v) is 10.1. The topological polar surface area (TPSA) is 51.2 Å². The number of hydrogen-bond donors (Lipinski definition) is 1. The third-order valence-corrected chi connectivity index (χ3v) is 5.65. The summed E-state index contributed by atoms with van der Waals surface area (Å²) in [6.07, 6.45) is 6.00. The number of halogens is 1. The summed E-state index contributed by atoms with van der Waals surface area (Å²) in [5.74, 6) is 2.03. The number of aliphatic imine (C=N–C) groups is 1. The smallest absolute Gasteiger partial charge is 0.236 e. The first-order chi connectivity index (χ1) is 12.2. The fourth-order valence-electron chi connectivity index (χ4n) is 3.70. The number of piperazine rings is 1. The zero-order valence-electron chi connectivity index (χ0n) is 16.9. The van der Waals surface area contributed by atoms with Crippen LogP contribution in [0.5, 0.6) is 0 Å². The van der Waals surface area contributed by atoms with Gasteiger partial charge < -0.3 is 15.1 Å². The Bertz CT molecular complexity index is 428. The number of carbonyl (C=O) groups excluding carboxylic acids is 1. The number of rotatable bonds is 6. The molecular weight excluding hydrogens is 441 g/mol. The van der Waals surface area contributed by atoms with E-state index in [4.69, 9.17) is 0 Å². The molecule has 2 aliphatic heterocycles. The second kappa shape index (κ2) is 12.8. The van der Waals surface area contributed by atoms with Crippen molar-refractivity contribution in [3.63, 3.8) is 0 Å². The second-order valence-electron chi connectivity index (χ2n) is 7.32. The summed E-state index contributed by atoms with van der Waals surface area (Å²) in [7, 11) is 1.86. The first kappa shape index (κ1) is 23.5. The van der Waals surface area contributed by atoms with Crippen LogP contribution in [0.2, 0.25) is 0 Å². The monoisotopic (exact) mass is 479 g/mol. The summed E-state index contributed by atoms with van der Waals surface area (Å²) in [5, 5.41) is 3.53. The van der Waals surface area contributed by atoms with Crippen LogP contribution in [0.1, 0.15) is 46.0 Å². The van der Waals surface area contributed by atoms with Gasteiger partial charge in [0.1, 0.15) is 0 Å². The second-order valence-corrected chi connectivity index (χ2v) is 7.32.